The molecule has 7 nitrogen and oxygen atoms in total. The molecule has 2 N–H and O–H groups in total. The van der Waals surface area contributed by atoms with Gasteiger partial charge in [-0.1, -0.05) is 18.2 Å². The average Bonchev–Trinajstić information content (AvgIpc) is 2.71. The fourth-order valence-corrected chi connectivity index (χ4v) is 2.69. The number of hydrogen-bond acceptors (Lipinski definition) is 4. The molecule has 0 spiro atoms. The first-order chi connectivity index (χ1) is 14.0. The molecule has 0 unspecified atom stereocenters. The molecular weight excluding hydrogens is 493 g/mol. The number of pyridine rings is 1. The Balaban J connectivity index is 0.00000450. The summed E-state index contributed by atoms with van der Waals surface area (Å²) >= 11 is 0. The Labute approximate surface area is 196 Å². The molecule has 0 aliphatic rings. The number of nitrogens with zero attached hydrogens (tertiary/aromatic N) is 3. The first-order valence-electron chi connectivity index (χ1n) is 9.95. The number of aryl methyl sites for hydroxylation is 1. The van der Waals surface area contributed by atoms with Gasteiger partial charge < -0.3 is 20.3 Å². The summed E-state index contributed by atoms with van der Waals surface area (Å²) in [6, 6.07) is 11.8. The second-order valence-electron chi connectivity index (χ2n) is 6.69. The highest BCUT2D eigenvalue weighted by Crippen LogP contribution is 2.13. The topological polar surface area (TPSA) is 78.8 Å². The summed E-state index contributed by atoms with van der Waals surface area (Å²) in [6.07, 6.45) is 2.02. The molecule has 2 rings (SSSR count). The molecule has 1 aromatic carbocycles. The van der Waals surface area contributed by atoms with Gasteiger partial charge in [-0.3, -0.25) is 9.79 Å². The van der Waals surface area contributed by atoms with E-state index in [2.05, 4.69) is 20.6 Å². The van der Waals surface area contributed by atoms with E-state index in [1.54, 1.807) is 12.3 Å². The molecule has 2 aromatic rings. The van der Waals surface area contributed by atoms with Crippen molar-refractivity contribution in [2.24, 2.45) is 4.99 Å². The second kappa shape index (κ2) is 13.8. The number of amides is 1. The van der Waals surface area contributed by atoms with Crippen LogP contribution in [0, 0.1) is 6.92 Å². The zero-order valence-electron chi connectivity index (χ0n) is 18.1. The van der Waals surface area contributed by atoms with Crippen molar-refractivity contribution in [1.29, 1.82) is 0 Å². The Hall–Kier alpha value is -2.36. The molecule has 30 heavy (non-hydrogen) atoms. The maximum absolute atomic E-state index is 12.1. The number of guanidine groups is 1. The highest BCUT2D eigenvalue weighted by molar-refractivity contribution is 14.0. The van der Waals surface area contributed by atoms with Crippen LogP contribution < -0.4 is 15.4 Å². The Bertz CT molecular complexity index is 794. The molecule has 0 saturated carbocycles. The van der Waals surface area contributed by atoms with E-state index in [1.807, 2.05) is 63.1 Å². The van der Waals surface area contributed by atoms with Crippen molar-refractivity contribution in [3.8, 4) is 5.75 Å². The van der Waals surface area contributed by atoms with E-state index in [4.69, 9.17) is 4.74 Å². The number of rotatable bonds is 9. The van der Waals surface area contributed by atoms with Gasteiger partial charge in [0.15, 0.2) is 5.96 Å². The van der Waals surface area contributed by atoms with Crippen LogP contribution in [-0.4, -0.2) is 48.5 Å². The van der Waals surface area contributed by atoms with Crippen molar-refractivity contribution < 1.29 is 9.53 Å². The zero-order valence-corrected chi connectivity index (χ0v) is 20.5. The predicted molar refractivity (Wildman–Crippen MR) is 133 cm³/mol. The number of ether oxygens (including phenoxy) is 1. The number of benzene rings is 1. The maximum Gasteiger partial charge on any atom is 0.227 e. The number of aliphatic imine (C=N–C) groups is 1. The van der Waals surface area contributed by atoms with E-state index in [1.165, 1.54) is 0 Å². The molecular formula is C22H32IN5O2. The molecule has 0 fully saturated rings. The highest BCUT2D eigenvalue weighted by Gasteiger charge is 2.08. The van der Waals surface area contributed by atoms with E-state index in [0.29, 0.717) is 31.9 Å². The maximum atomic E-state index is 12.1. The third kappa shape index (κ3) is 8.98. The minimum Gasteiger partial charge on any atom is -0.494 e. The minimum absolute atomic E-state index is 0. The lowest BCUT2D eigenvalue weighted by atomic mass is 10.2. The number of hydrogen-bond donors (Lipinski definition) is 2. The van der Waals surface area contributed by atoms with E-state index in [0.717, 1.165) is 29.4 Å². The Kier molecular flexibility index (Phi) is 11.8. The van der Waals surface area contributed by atoms with Crippen LogP contribution >= 0.6 is 24.0 Å². The molecule has 1 heterocycles. The molecule has 0 bridgehead atoms. The number of carbonyl (C=O) groups is 1. The summed E-state index contributed by atoms with van der Waals surface area (Å²) in [5.74, 6) is 2.09. The number of nitrogens with one attached hydrogen (secondary N) is 2. The lowest BCUT2D eigenvalue weighted by molar-refractivity contribution is -0.116. The summed E-state index contributed by atoms with van der Waals surface area (Å²) in [4.78, 5) is 22.9. The highest BCUT2D eigenvalue weighted by atomic mass is 127. The fourth-order valence-electron chi connectivity index (χ4n) is 2.69. The van der Waals surface area contributed by atoms with Crippen LogP contribution in [0.15, 0.2) is 47.6 Å². The van der Waals surface area contributed by atoms with Gasteiger partial charge in [0.1, 0.15) is 11.6 Å². The van der Waals surface area contributed by atoms with Gasteiger partial charge in [-0.05, 0) is 50.1 Å². The number of anilines is 1. The van der Waals surface area contributed by atoms with E-state index < -0.39 is 0 Å². The monoisotopic (exact) mass is 525 g/mol. The van der Waals surface area contributed by atoms with Crippen LogP contribution in [0.4, 0.5) is 5.82 Å². The van der Waals surface area contributed by atoms with Crippen molar-refractivity contribution in [2.75, 3.05) is 32.1 Å². The van der Waals surface area contributed by atoms with Crippen LogP contribution in [0.25, 0.3) is 0 Å². The standard InChI is InChI=1S/C22H31N5O2.HI/c1-5-23-22(27(4)16-18-8-10-19(11-9-18)29-6-2)24-14-13-21(28)26-20-12-7-17(3)15-25-20;/h7-12,15H,5-6,13-14,16H2,1-4H3,(H,23,24)(H,25,26,28);1H. The zero-order chi connectivity index (χ0) is 21.1. The van der Waals surface area contributed by atoms with Crippen LogP contribution in [0.2, 0.25) is 0 Å². The molecule has 0 radical (unpaired) electrons. The molecule has 1 aromatic heterocycles. The SMILES string of the molecule is CCNC(=NCCC(=O)Nc1ccc(C)cn1)N(C)Cc1ccc(OCC)cc1.I. The van der Waals surface area contributed by atoms with Crippen molar-refractivity contribution in [3.05, 3.63) is 53.7 Å². The smallest absolute Gasteiger partial charge is 0.227 e. The van der Waals surface area contributed by atoms with Gasteiger partial charge in [-0.25, -0.2) is 4.98 Å². The van der Waals surface area contributed by atoms with Crippen LogP contribution in [0.1, 0.15) is 31.4 Å². The van der Waals surface area contributed by atoms with Gasteiger partial charge in [0, 0.05) is 32.8 Å². The summed E-state index contributed by atoms with van der Waals surface area (Å²) in [5.41, 5.74) is 2.21. The normalized spacial score (nSPS) is 10.7. The van der Waals surface area contributed by atoms with E-state index in [-0.39, 0.29) is 29.9 Å². The lowest BCUT2D eigenvalue weighted by Gasteiger charge is -2.22. The minimum atomic E-state index is -0.102. The van der Waals surface area contributed by atoms with Crippen LogP contribution in [0.3, 0.4) is 0 Å². The van der Waals surface area contributed by atoms with E-state index in [9.17, 15) is 4.79 Å². The van der Waals surface area contributed by atoms with Crippen LogP contribution in [0.5, 0.6) is 5.75 Å². The number of aromatic nitrogens is 1. The summed E-state index contributed by atoms with van der Waals surface area (Å²) < 4.78 is 5.48. The second-order valence-corrected chi connectivity index (χ2v) is 6.69. The third-order valence-electron chi connectivity index (χ3n) is 4.13. The molecule has 0 saturated heterocycles. The van der Waals surface area contributed by atoms with Crippen LogP contribution in [-0.2, 0) is 11.3 Å². The van der Waals surface area contributed by atoms with Crippen molar-refractivity contribution in [2.45, 2.75) is 33.7 Å². The lowest BCUT2D eigenvalue weighted by Crippen LogP contribution is -2.38. The molecule has 0 aliphatic carbocycles. The van der Waals surface area contributed by atoms with Crippen molar-refractivity contribution >= 4 is 41.7 Å². The number of halogens is 1. The van der Waals surface area contributed by atoms with Gasteiger partial charge in [0.05, 0.1) is 13.2 Å². The third-order valence-corrected chi connectivity index (χ3v) is 4.13. The Morgan fingerprint density at radius 1 is 1.17 bits per heavy atom. The van der Waals surface area contributed by atoms with Gasteiger partial charge in [0.2, 0.25) is 5.91 Å². The first kappa shape index (κ1) is 25.7. The first-order valence-corrected chi connectivity index (χ1v) is 9.95. The van der Waals surface area contributed by atoms with Gasteiger partial charge in [0.25, 0.3) is 0 Å². The molecule has 0 aliphatic heterocycles. The summed E-state index contributed by atoms with van der Waals surface area (Å²) in [6.45, 7) is 8.47. The summed E-state index contributed by atoms with van der Waals surface area (Å²) in [7, 11) is 1.98. The average molecular weight is 525 g/mol. The van der Waals surface area contributed by atoms with Crippen molar-refractivity contribution in [1.82, 2.24) is 15.2 Å². The van der Waals surface area contributed by atoms with Gasteiger partial charge in [-0.2, -0.15) is 0 Å². The molecule has 1 amide bonds. The quantitative estimate of drug-likeness (QED) is 0.296. The fraction of sp³-hybridized carbons (Fsp3) is 0.409. The molecule has 0 atom stereocenters. The number of carbonyl (C=O) groups excluding carboxylic acids is 1. The van der Waals surface area contributed by atoms with Crippen molar-refractivity contribution in [3.63, 3.8) is 0 Å². The Morgan fingerprint density at radius 3 is 2.50 bits per heavy atom. The van der Waals surface area contributed by atoms with E-state index >= 15 is 0 Å². The molecule has 164 valence electrons. The predicted octanol–water partition coefficient (Wildman–Crippen LogP) is 3.83. The van der Waals surface area contributed by atoms with Gasteiger partial charge in [-0.15, -0.1) is 24.0 Å². The van der Waals surface area contributed by atoms with Gasteiger partial charge >= 0.3 is 0 Å². The summed E-state index contributed by atoms with van der Waals surface area (Å²) in [5, 5.41) is 6.07. The largest absolute Gasteiger partial charge is 0.494 e. The molecule has 8 heteroatoms. The Morgan fingerprint density at radius 2 is 1.90 bits per heavy atom.